The predicted octanol–water partition coefficient (Wildman–Crippen LogP) is 9.64. The fraction of sp³-hybridized carbons (Fsp3) is 0. The second-order valence-electron chi connectivity index (χ2n) is 10.5. The molecule has 0 radical (unpaired) electrons. The van der Waals surface area contributed by atoms with Crippen LogP contribution < -0.4 is 0 Å². The van der Waals surface area contributed by atoms with Crippen molar-refractivity contribution >= 4 is 21.8 Å². The Bertz CT molecular complexity index is 2150. The van der Waals surface area contributed by atoms with Gasteiger partial charge in [0.15, 0.2) is 17.5 Å². The van der Waals surface area contributed by atoms with Crippen molar-refractivity contribution in [1.82, 2.24) is 19.5 Å². The fourth-order valence-electron chi connectivity index (χ4n) is 5.83. The predicted molar refractivity (Wildman–Crippen MR) is 176 cm³/mol. The molecule has 0 fully saturated rings. The molecule has 8 aromatic rings. The molecule has 0 amide bonds. The molecule has 0 saturated heterocycles. The van der Waals surface area contributed by atoms with Crippen LogP contribution >= 0.6 is 0 Å². The van der Waals surface area contributed by atoms with E-state index in [0.717, 1.165) is 38.8 Å². The Labute approximate surface area is 249 Å². The van der Waals surface area contributed by atoms with Gasteiger partial charge >= 0.3 is 0 Å². The van der Waals surface area contributed by atoms with Crippen LogP contribution in [0.5, 0.6) is 0 Å². The molecule has 8 rings (SSSR count). The van der Waals surface area contributed by atoms with Crippen molar-refractivity contribution in [2.75, 3.05) is 0 Å². The molecule has 43 heavy (non-hydrogen) atoms. The monoisotopic (exact) mass is 550 g/mol. The molecule has 4 nitrogen and oxygen atoms in total. The minimum absolute atomic E-state index is 0.640. The maximum Gasteiger partial charge on any atom is 0.166 e. The third-order valence-corrected chi connectivity index (χ3v) is 7.85. The van der Waals surface area contributed by atoms with Crippen molar-refractivity contribution in [3.8, 4) is 51.0 Å². The van der Waals surface area contributed by atoms with E-state index in [2.05, 4.69) is 102 Å². The summed E-state index contributed by atoms with van der Waals surface area (Å²) in [6.45, 7) is 0. The molecule has 6 aromatic carbocycles. The van der Waals surface area contributed by atoms with Crippen molar-refractivity contribution < 1.29 is 0 Å². The first-order valence-electron chi connectivity index (χ1n) is 14.4. The standard InChI is InChI=1S/C39H26N4/c1-5-14-27(15-6-1)30-24-25-35-34(26-30)32-22-13-23-33(36(32)43(35)31-20-11-4-12-21-31)39-41-37(28-16-7-2-8-17-28)40-38(42-39)29-18-9-3-10-19-29/h1-26H. The van der Waals surface area contributed by atoms with Crippen LogP contribution in [0.15, 0.2) is 158 Å². The lowest BCUT2D eigenvalue weighted by Crippen LogP contribution is -2.02. The van der Waals surface area contributed by atoms with Gasteiger partial charge in [0.05, 0.1) is 11.0 Å². The van der Waals surface area contributed by atoms with E-state index >= 15 is 0 Å². The normalized spacial score (nSPS) is 11.3. The van der Waals surface area contributed by atoms with E-state index in [1.54, 1.807) is 0 Å². The van der Waals surface area contributed by atoms with Crippen LogP contribution in [0.25, 0.3) is 72.8 Å². The highest BCUT2D eigenvalue weighted by molar-refractivity contribution is 6.14. The average molecular weight is 551 g/mol. The first-order valence-corrected chi connectivity index (χ1v) is 14.4. The molecule has 0 aliphatic heterocycles. The zero-order valence-electron chi connectivity index (χ0n) is 23.3. The fourth-order valence-corrected chi connectivity index (χ4v) is 5.83. The summed E-state index contributed by atoms with van der Waals surface area (Å²) in [4.78, 5) is 15.1. The van der Waals surface area contributed by atoms with E-state index in [1.807, 2.05) is 60.7 Å². The summed E-state index contributed by atoms with van der Waals surface area (Å²) in [5.41, 5.74) is 8.52. The number of para-hydroxylation sites is 2. The second-order valence-corrected chi connectivity index (χ2v) is 10.5. The van der Waals surface area contributed by atoms with Gasteiger partial charge in [-0.3, -0.25) is 0 Å². The van der Waals surface area contributed by atoms with Crippen LogP contribution in [0.4, 0.5) is 0 Å². The van der Waals surface area contributed by atoms with Crippen molar-refractivity contribution in [1.29, 1.82) is 0 Å². The summed E-state index contributed by atoms with van der Waals surface area (Å²) >= 11 is 0. The van der Waals surface area contributed by atoms with Gasteiger partial charge in [-0.05, 0) is 41.5 Å². The Morgan fingerprint density at radius 1 is 0.372 bits per heavy atom. The van der Waals surface area contributed by atoms with Gasteiger partial charge in [-0.25, -0.2) is 15.0 Å². The Balaban J connectivity index is 1.44. The molecule has 0 spiro atoms. The summed E-state index contributed by atoms with van der Waals surface area (Å²) in [5, 5.41) is 2.33. The summed E-state index contributed by atoms with van der Waals surface area (Å²) in [6.07, 6.45) is 0. The Morgan fingerprint density at radius 2 is 0.907 bits per heavy atom. The number of hydrogen-bond donors (Lipinski definition) is 0. The van der Waals surface area contributed by atoms with Crippen LogP contribution in [0.1, 0.15) is 0 Å². The van der Waals surface area contributed by atoms with Crippen LogP contribution in [-0.2, 0) is 0 Å². The highest BCUT2D eigenvalue weighted by atomic mass is 15.0. The lowest BCUT2D eigenvalue weighted by atomic mass is 10.0. The van der Waals surface area contributed by atoms with Crippen molar-refractivity contribution in [2.24, 2.45) is 0 Å². The summed E-state index contributed by atoms with van der Waals surface area (Å²) in [5.74, 6) is 1.94. The number of benzene rings is 6. The van der Waals surface area contributed by atoms with Gasteiger partial charge in [-0.15, -0.1) is 0 Å². The van der Waals surface area contributed by atoms with Crippen molar-refractivity contribution in [2.45, 2.75) is 0 Å². The Morgan fingerprint density at radius 3 is 1.51 bits per heavy atom. The van der Waals surface area contributed by atoms with E-state index in [4.69, 9.17) is 15.0 Å². The van der Waals surface area contributed by atoms with Gasteiger partial charge in [0.25, 0.3) is 0 Å². The van der Waals surface area contributed by atoms with Crippen molar-refractivity contribution in [3.63, 3.8) is 0 Å². The van der Waals surface area contributed by atoms with Gasteiger partial charge in [-0.1, -0.05) is 127 Å². The molecule has 0 N–H and O–H groups in total. The molecular weight excluding hydrogens is 524 g/mol. The van der Waals surface area contributed by atoms with Crippen LogP contribution in [-0.4, -0.2) is 19.5 Å². The number of nitrogens with zero attached hydrogens (tertiary/aromatic N) is 4. The zero-order chi connectivity index (χ0) is 28.6. The highest BCUT2D eigenvalue weighted by Gasteiger charge is 2.20. The maximum atomic E-state index is 5.08. The average Bonchev–Trinajstić information content (AvgIpc) is 3.43. The Hall–Kier alpha value is -5.87. The topological polar surface area (TPSA) is 43.6 Å². The van der Waals surface area contributed by atoms with Gasteiger partial charge in [0.2, 0.25) is 0 Å². The van der Waals surface area contributed by atoms with Gasteiger partial charge in [0, 0.05) is 33.2 Å². The second kappa shape index (κ2) is 10.5. The van der Waals surface area contributed by atoms with Crippen LogP contribution in [0.3, 0.4) is 0 Å². The minimum Gasteiger partial charge on any atom is -0.308 e. The van der Waals surface area contributed by atoms with Gasteiger partial charge in [0.1, 0.15) is 0 Å². The molecule has 0 atom stereocenters. The molecule has 4 heteroatoms. The van der Waals surface area contributed by atoms with Crippen LogP contribution in [0.2, 0.25) is 0 Å². The largest absolute Gasteiger partial charge is 0.308 e. The van der Waals surface area contributed by atoms with E-state index in [1.165, 1.54) is 16.5 Å². The van der Waals surface area contributed by atoms with E-state index < -0.39 is 0 Å². The SMILES string of the molecule is c1ccc(-c2ccc3c(c2)c2cccc(-c4nc(-c5ccccc5)nc(-c5ccccc5)n4)c2n3-c2ccccc2)cc1. The minimum atomic E-state index is 0.640. The molecule has 2 aromatic heterocycles. The third kappa shape index (κ3) is 4.46. The highest BCUT2D eigenvalue weighted by Crippen LogP contribution is 2.39. The molecule has 2 heterocycles. The molecule has 0 saturated carbocycles. The zero-order valence-corrected chi connectivity index (χ0v) is 23.3. The van der Waals surface area contributed by atoms with E-state index in [0.29, 0.717) is 17.5 Å². The molecule has 0 unspecified atom stereocenters. The number of rotatable bonds is 5. The molecule has 0 aliphatic carbocycles. The number of fused-ring (bicyclic) bond motifs is 3. The first kappa shape index (κ1) is 24.9. The van der Waals surface area contributed by atoms with Crippen LogP contribution in [0, 0.1) is 0 Å². The quantitative estimate of drug-likeness (QED) is 0.214. The van der Waals surface area contributed by atoms with Gasteiger partial charge < -0.3 is 4.57 Å². The molecular formula is C39H26N4. The van der Waals surface area contributed by atoms with Gasteiger partial charge in [-0.2, -0.15) is 0 Å². The number of hydrogen-bond acceptors (Lipinski definition) is 3. The molecule has 202 valence electrons. The third-order valence-electron chi connectivity index (χ3n) is 7.85. The summed E-state index contributed by atoms with van der Waals surface area (Å²) in [7, 11) is 0. The lowest BCUT2D eigenvalue weighted by molar-refractivity contribution is 1.07. The lowest BCUT2D eigenvalue weighted by Gasteiger charge is -2.12. The smallest absolute Gasteiger partial charge is 0.166 e. The van der Waals surface area contributed by atoms with Crippen molar-refractivity contribution in [3.05, 3.63) is 158 Å². The van der Waals surface area contributed by atoms with E-state index in [9.17, 15) is 0 Å². The molecule has 0 aliphatic rings. The summed E-state index contributed by atoms with van der Waals surface area (Å²) < 4.78 is 2.34. The maximum absolute atomic E-state index is 5.08. The Kier molecular flexibility index (Phi) is 6.08. The summed E-state index contributed by atoms with van der Waals surface area (Å²) in [6, 6.07) is 54.5. The molecule has 0 bridgehead atoms. The number of aromatic nitrogens is 4. The van der Waals surface area contributed by atoms with E-state index in [-0.39, 0.29) is 0 Å². The first-order chi connectivity index (χ1) is 21.3.